The van der Waals surface area contributed by atoms with Crippen molar-refractivity contribution in [2.24, 2.45) is 0 Å². The van der Waals surface area contributed by atoms with Gasteiger partial charge in [0.15, 0.2) is 8.32 Å². The molecule has 11 heavy (non-hydrogen) atoms. The first-order chi connectivity index (χ1) is 5.90. The van der Waals surface area contributed by atoms with Crippen LogP contribution < -0.4 is 0 Å². The van der Waals surface area contributed by atoms with E-state index in [0.717, 1.165) is 0 Å². The SMILES string of the molecule is [2H]C(=O)C([2H])([2H])O[Si](C)(C)C(C)(C)C. The van der Waals surface area contributed by atoms with Gasteiger partial charge in [0.05, 0.1) is 9.30 Å². The van der Waals surface area contributed by atoms with Crippen molar-refractivity contribution in [3.05, 3.63) is 0 Å². The van der Waals surface area contributed by atoms with Crippen LogP contribution in [0, 0.1) is 0 Å². The van der Waals surface area contributed by atoms with Gasteiger partial charge in [-0.2, -0.15) is 0 Å². The van der Waals surface area contributed by atoms with Gasteiger partial charge >= 0.3 is 0 Å². The molecule has 66 valence electrons. The smallest absolute Gasteiger partial charge is 0.192 e. The van der Waals surface area contributed by atoms with Crippen molar-refractivity contribution in [3.63, 3.8) is 0 Å². The molecular formula is C8H18O2Si. The van der Waals surface area contributed by atoms with E-state index >= 15 is 0 Å². The Morgan fingerprint density at radius 2 is 2.09 bits per heavy atom. The second kappa shape index (κ2) is 3.50. The van der Waals surface area contributed by atoms with E-state index in [0.29, 0.717) is 0 Å². The van der Waals surface area contributed by atoms with E-state index in [9.17, 15) is 4.79 Å². The minimum absolute atomic E-state index is 0.171. The van der Waals surface area contributed by atoms with Gasteiger partial charge in [-0.15, -0.1) is 0 Å². The van der Waals surface area contributed by atoms with Gasteiger partial charge in [-0.05, 0) is 18.1 Å². The summed E-state index contributed by atoms with van der Waals surface area (Å²) in [5.41, 5.74) is 0. The molecule has 0 aromatic rings. The summed E-state index contributed by atoms with van der Waals surface area (Å²) in [4.78, 5) is 10.7. The van der Waals surface area contributed by atoms with Gasteiger partial charge in [0.2, 0.25) is 0 Å². The molecule has 0 aromatic heterocycles. The first-order valence-electron chi connectivity index (χ1n) is 5.11. The van der Waals surface area contributed by atoms with E-state index in [1.807, 2.05) is 33.9 Å². The van der Waals surface area contributed by atoms with Crippen molar-refractivity contribution in [1.29, 1.82) is 0 Å². The zero-order chi connectivity index (χ0) is 11.8. The molecule has 0 aromatic carbocycles. The predicted octanol–water partition coefficient (Wildman–Crippen LogP) is 2.21. The third kappa shape index (κ3) is 3.16. The highest BCUT2D eigenvalue weighted by Crippen LogP contribution is 2.36. The number of hydrogen-bond acceptors (Lipinski definition) is 2. The third-order valence-electron chi connectivity index (χ3n) is 2.15. The molecule has 0 spiro atoms. The largest absolute Gasteiger partial charge is 0.410 e. The molecule has 0 unspecified atom stereocenters. The van der Waals surface area contributed by atoms with Crippen molar-refractivity contribution in [3.8, 4) is 0 Å². The molecule has 0 aliphatic carbocycles. The van der Waals surface area contributed by atoms with Crippen LogP contribution in [0.1, 0.15) is 24.9 Å². The van der Waals surface area contributed by atoms with Crippen LogP contribution in [-0.2, 0) is 9.22 Å². The van der Waals surface area contributed by atoms with Crippen LogP contribution in [0.15, 0.2) is 0 Å². The molecule has 3 heteroatoms. The second-order valence-electron chi connectivity index (χ2n) is 4.07. The van der Waals surface area contributed by atoms with E-state index in [1.165, 1.54) is 0 Å². The lowest BCUT2D eigenvalue weighted by atomic mass is 10.2. The Labute approximate surface area is 74.3 Å². The first-order valence-corrected chi connectivity index (χ1v) is 6.52. The molecule has 0 N–H and O–H groups in total. The monoisotopic (exact) mass is 177 g/mol. The Bertz CT molecular complexity index is 233. The summed E-state index contributed by atoms with van der Waals surface area (Å²) in [5.74, 6) is 0. The van der Waals surface area contributed by atoms with Gasteiger partial charge in [-0.3, -0.25) is 0 Å². The van der Waals surface area contributed by atoms with E-state index < -0.39 is 21.1 Å². The molecule has 0 amide bonds. The fraction of sp³-hybridized carbons (Fsp3) is 0.875. The van der Waals surface area contributed by atoms with Crippen LogP contribution in [0.3, 0.4) is 0 Å². The Kier molecular flexibility index (Phi) is 2.03. The lowest BCUT2D eigenvalue weighted by Gasteiger charge is -2.35. The Morgan fingerprint density at radius 1 is 1.64 bits per heavy atom. The maximum Gasteiger partial charge on any atom is 0.192 e. The van der Waals surface area contributed by atoms with Gasteiger partial charge < -0.3 is 9.22 Å². The highest BCUT2D eigenvalue weighted by molar-refractivity contribution is 6.74. The predicted molar refractivity (Wildman–Crippen MR) is 49.2 cm³/mol. The summed E-state index contributed by atoms with van der Waals surface area (Å²) in [6.07, 6.45) is -1.32. The summed E-state index contributed by atoms with van der Waals surface area (Å²) >= 11 is 0. The molecule has 0 saturated heterocycles. The highest BCUT2D eigenvalue weighted by atomic mass is 28.4. The summed E-state index contributed by atoms with van der Waals surface area (Å²) in [6.45, 7) is 7.06. The Morgan fingerprint density at radius 3 is 2.36 bits per heavy atom. The minimum Gasteiger partial charge on any atom is -0.410 e. The molecule has 0 aliphatic rings. The van der Waals surface area contributed by atoms with Crippen LogP contribution in [0.4, 0.5) is 0 Å². The van der Waals surface area contributed by atoms with E-state index in [-0.39, 0.29) is 5.04 Å². The maximum atomic E-state index is 10.7. The molecule has 0 fully saturated rings. The molecule has 0 bridgehead atoms. The average Bonchev–Trinajstić information content (AvgIpc) is 1.80. The lowest BCUT2D eigenvalue weighted by molar-refractivity contribution is -0.109. The molecule has 0 heterocycles. The zero-order valence-electron chi connectivity index (χ0n) is 10.8. The number of aldehydes is 1. The normalized spacial score (nSPS) is 18.5. The van der Waals surface area contributed by atoms with E-state index in [4.69, 9.17) is 8.54 Å². The summed E-state index contributed by atoms with van der Waals surface area (Å²) in [7, 11) is -2.32. The summed E-state index contributed by atoms with van der Waals surface area (Å²) in [5, 5.41) is -0.171. The van der Waals surface area contributed by atoms with Gasteiger partial charge in [0.25, 0.3) is 0 Å². The number of hydrogen-bond donors (Lipinski definition) is 0. The number of rotatable bonds is 3. The van der Waals surface area contributed by atoms with Gasteiger partial charge in [-0.1, -0.05) is 20.8 Å². The van der Waals surface area contributed by atoms with Crippen molar-refractivity contribution in [1.82, 2.24) is 0 Å². The standard InChI is InChI=1S/C8H18O2Si/c1-8(2,3)11(4,5)10-7-6-9/h6H,7H2,1-5H3/i6D,7D2. The summed E-state index contributed by atoms with van der Waals surface area (Å²) < 4.78 is 26.5. The van der Waals surface area contributed by atoms with Crippen molar-refractivity contribution in [2.75, 3.05) is 6.56 Å². The average molecular weight is 177 g/mol. The molecule has 0 atom stereocenters. The summed E-state index contributed by atoms with van der Waals surface area (Å²) in [6, 6.07) is 0. The Balaban J connectivity index is 4.76. The van der Waals surface area contributed by atoms with Crippen LogP contribution >= 0.6 is 0 Å². The van der Waals surface area contributed by atoms with Crippen LogP contribution in [0.25, 0.3) is 0 Å². The van der Waals surface area contributed by atoms with Crippen molar-refractivity contribution in [2.45, 2.75) is 38.9 Å². The number of carbonyl (C=O) groups is 1. The topological polar surface area (TPSA) is 26.3 Å². The van der Waals surface area contributed by atoms with Crippen LogP contribution in [0.2, 0.25) is 18.1 Å². The molecule has 2 nitrogen and oxygen atoms in total. The fourth-order valence-electron chi connectivity index (χ4n) is 0.302. The molecule has 0 saturated carbocycles. The lowest BCUT2D eigenvalue weighted by Crippen LogP contribution is -2.41. The second-order valence-corrected chi connectivity index (χ2v) is 8.79. The molecule has 0 radical (unpaired) electrons. The van der Waals surface area contributed by atoms with Crippen LogP contribution in [0.5, 0.6) is 0 Å². The fourth-order valence-corrected chi connectivity index (χ4v) is 0.905. The van der Waals surface area contributed by atoms with Crippen molar-refractivity contribution >= 4 is 14.6 Å². The highest BCUT2D eigenvalue weighted by Gasteiger charge is 2.36. The number of carbonyl (C=O) groups excluding carboxylic acids is 1. The van der Waals surface area contributed by atoms with Crippen molar-refractivity contribution < 1.29 is 13.3 Å². The molecular weight excluding hydrogens is 156 g/mol. The maximum absolute atomic E-state index is 10.7. The van der Waals surface area contributed by atoms with E-state index in [2.05, 4.69) is 0 Å². The quantitative estimate of drug-likeness (QED) is 0.488. The van der Waals surface area contributed by atoms with E-state index in [1.54, 1.807) is 0 Å². The molecule has 0 rings (SSSR count). The minimum atomic E-state index is -2.47. The zero-order valence-corrected chi connectivity index (χ0v) is 8.82. The van der Waals surface area contributed by atoms with Gasteiger partial charge in [-0.25, -0.2) is 0 Å². The van der Waals surface area contributed by atoms with Crippen LogP contribution in [-0.4, -0.2) is 21.1 Å². The third-order valence-corrected chi connectivity index (χ3v) is 6.38. The Hall–Kier alpha value is -0.153. The van der Waals surface area contributed by atoms with Gasteiger partial charge in [0, 0.05) is 0 Å². The van der Waals surface area contributed by atoms with Gasteiger partial charge in [0.1, 0.15) is 7.63 Å². The first kappa shape index (κ1) is 6.37. The molecule has 0 aliphatic heterocycles.